The Kier molecular flexibility index (Phi) is 5.83. The SMILES string of the molecule is NCc1cc(F)ccc1-c1nc(C2CCCCC2)nc2c1c(N)cc(=O)n2-c1ccccc1F. The van der Waals surface area contributed by atoms with E-state index >= 15 is 0 Å². The average molecular weight is 462 g/mol. The number of rotatable bonds is 4. The molecule has 0 aliphatic heterocycles. The van der Waals surface area contributed by atoms with Gasteiger partial charge in [-0.25, -0.2) is 18.7 Å². The van der Waals surface area contributed by atoms with Crippen molar-refractivity contribution in [2.24, 2.45) is 5.73 Å². The van der Waals surface area contributed by atoms with Crippen LogP contribution in [0.25, 0.3) is 28.0 Å². The molecule has 4 N–H and O–H groups in total. The normalized spacial score (nSPS) is 14.6. The Morgan fingerprint density at radius 3 is 2.50 bits per heavy atom. The first-order chi connectivity index (χ1) is 16.5. The number of benzene rings is 2. The predicted molar refractivity (Wildman–Crippen MR) is 129 cm³/mol. The highest BCUT2D eigenvalue weighted by Gasteiger charge is 2.25. The zero-order valence-electron chi connectivity index (χ0n) is 18.6. The summed E-state index contributed by atoms with van der Waals surface area (Å²) in [4.78, 5) is 22.8. The van der Waals surface area contributed by atoms with Crippen LogP contribution >= 0.6 is 0 Å². The maximum atomic E-state index is 14.8. The molecule has 2 aromatic heterocycles. The fourth-order valence-corrected chi connectivity index (χ4v) is 4.83. The number of hydrogen-bond acceptors (Lipinski definition) is 5. The monoisotopic (exact) mass is 461 g/mol. The molecule has 0 amide bonds. The Bertz CT molecular complexity index is 1440. The van der Waals surface area contributed by atoms with Gasteiger partial charge in [0.2, 0.25) is 0 Å². The van der Waals surface area contributed by atoms with Crippen LogP contribution in [-0.2, 0) is 6.54 Å². The van der Waals surface area contributed by atoms with Gasteiger partial charge in [-0.15, -0.1) is 0 Å². The van der Waals surface area contributed by atoms with E-state index in [2.05, 4.69) is 0 Å². The van der Waals surface area contributed by atoms with Crippen molar-refractivity contribution in [2.75, 3.05) is 5.73 Å². The minimum atomic E-state index is -0.556. The number of nitrogens with zero attached hydrogens (tertiary/aromatic N) is 3. The van der Waals surface area contributed by atoms with Gasteiger partial charge in [-0.1, -0.05) is 31.4 Å². The fourth-order valence-electron chi connectivity index (χ4n) is 4.83. The van der Waals surface area contributed by atoms with Gasteiger partial charge in [-0.3, -0.25) is 9.36 Å². The third-order valence-corrected chi connectivity index (χ3v) is 6.51. The lowest BCUT2D eigenvalue weighted by Crippen LogP contribution is -2.22. The van der Waals surface area contributed by atoms with Crippen molar-refractivity contribution in [3.63, 3.8) is 0 Å². The molecule has 34 heavy (non-hydrogen) atoms. The lowest BCUT2D eigenvalue weighted by Gasteiger charge is -2.23. The van der Waals surface area contributed by atoms with Crippen LogP contribution < -0.4 is 17.0 Å². The minimum Gasteiger partial charge on any atom is -0.398 e. The molecule has 1 saturated carbocycles. The highest BCUT2D eigenvalue weighted by molar-refractivity contribution is 6.00. The zero-order valence-corrected chi connectivity index (χ0v) is 18.6. The zero-order chi connectivity index (χ0) is 23.8. The summed E-state index contributed by atoms with van der Waals surface area (Å²) in [5.41, 5.74) is 13.9. The molecule has 1 fully saturated rings. The number of pyridine rings is 1. The largest absolute Gasteiger partial charge is 0.398 e. The molecule has 0 spiro atoms. The lowest BCUT2D eigenvalue weighted by atomic mass is 9.88. The third-order valence-electron chi connectivity index (χ3n) is 6.51. The van der Waals surface area contributed by atoms with Crippen molar-refractivity contribution in [3.05, 3.63) is 81.9 Å². The molecule has 8 heteroatoms. The van der Waals surface area contributed by atoms with E-state index in [1.165, 1.54) is 34.9 Å². The van der Waals surface area contributed by atoms with E-state index < -0.39 is 17.2 Å². The van der Waals surface area contributed by atoms with Crippen LogP contribution in [0.2, 0.25) is 0 Å². The summed E-state index contributed by atoms with van der Waals surface area (Å²) >= 11 is 0. The van der Waals surface area contributed by atoms with E-state index in [4.69, 9.17) is 21.4 Å². The Balaban J connectivity index is 1.91. The molecule has 1 aliphatic carbocycles. The summed E-state index contributed by atoms with van der Waals surface area (Å²) in [6.07, 6.45) is 5.11. The molecule has 5 rings (SSSR count). The van der Waals surface area contributed by atoms with E-state index in [1.54, 1.807) is 18.2 Å². The lowest BCUT2D eigenvalue weighted by molar-refractivity contribution is 0.429. The molecule has 0 saturated heterocycles. The van der Waals surface area contributed by atoms with E-state index in [-0.39, 0.29) is 29.5 Å². The molecule has 0 radical (unpaired) electrons. The van der Waals surface area contributed by atoms with Crippen molar-refractivity contribution in [1.29, 1.82) is 0 Å². The maximum Gasteiger partial charge on any atom is 0.258 e. The second kappa shape index (κ2) is 8.95. The van der Waals surface area contributed by atoms with Crippen LogP contribution in [0.15, 0.2) is 53.3 Å². The minimum absolute atomic E-state index is 0.0786. The first-order valence-electron chi connectivity index (χ1n) is 11.4. The number of aromatic nitrogens is 3. The molecular formula is C26H25F2N5O. The number of nitrogens with two attached hydrogens (primary N) is 2. The Labute approximate surface area is 195 Å². The molecule has 2 aromatic carbocycles. The molecule has 4 aromatic rings. The van der Waals surface area contributed by atoms with Crippen LogP contribution in [0, 0.1) is 11.6 Å². The van der Waals surface area contributed by atoms with Crippen LogP contribution in [-0.4, -0.2) is 14.5 Å². The second-order valence-corrected chi connectivity index (χ2v) is 8.69. The predicted octanol–water partition coefficient (Wildman–Crippen LogP) is 4.81. The van der Waals surface area contributed by atoms with Crippen molar-refractivity contribution < 1.29 is 8.78 Å². The van der Waals surface area contributed by atoms with Crippen LogP contribution in [0.1, 0.15) is 49.4 Å². The number of anilines is 1. The summed E-state index contributed by atoms with van der Waals surface area (Å²) in [5.74, 6) is -0.292. The van der Waals surface area contributed by atoms with Crippen molar-refractivity contribution in [2.45, 2.75) is 44.6 Å². The number of fused-ring (bicyclic) bond motifs is 1. The molecule has 6 nitrogen and oxygen atoms in total. The first-order valence-corrected chi connectivity index (χ1v) is 11.4. The van der Waals surface area contributed by atoms with Crippen molar-refractivity contribution in [1.82, 2.24) is 14.5 Å². The maximum absolute atomic E-state index is 14.8. The smallest absolute Gasteiger partial charge is 0.258 e. The molecule has 174 valence electrons. The highest BCUT2D eigenvalue weighted by Crippen LogP contribution is 2.37. The number of para-hydroxylation sites is 1. The van der Waals surface area contributed by atoms with E-state index in [9.17, 15) is 13.6 Å². The Morgan fingerprint density at radius 2 is 1.76 bits per heavy atom. The van der Waals surface area contributed by atoms with Gasteiger partial charge in [0, 0.05) is 24.1 Å². The van der Waals surface area contributed by atoms with E-state index in [1.807, 2.05) is 0 Å². The quantitative estimate of drug-likeness (QED) is 0.454. The van der Waals surface area contributed by atoms with Crippen molar-refractivity contribution in [3.8, 4) is 16.9 Å². The third kappa shape index (κ3) is 3.84. The van der Waals surface area contributed by atoms with Crippen molar-refractivity contribution >= 4 is 16.7 Å². The molecule has 0 bridgehead atoms. The summed E-state index contributed by atoms with van der Waals surface area (Å²) in [5, 5.41) is 0.406. The van der Waals surface area contributed by atoms with E-state index in [0.717, 1.165) is 32.1 Å². The molecular weight excluding hydrogens is 436 g/mol. The topological polar surface area (TPSA) is 99.8 Å². The van der Waals surface area contributed by atoms with Gasteiger partial charge in [0.25, 0.3) is 5.56 Å². The number of halogens is 2. The van der Waals surface area contributed by atoms with Gasteiger partial charge in [0.1, 0.15) is 17.5 Å². The number of nitrogen functional groups attached to an aromatic ring is 1. The second-order valence-electron chi connectivity index (χ2n) is 8.69. The average Bonchev–Trinajstić information content (AvgIpc) is 2.85. The summed E-state index contributed by atoms with van der Waals surface area (Å²) < 4.78 is 30.1. The van der Waals surface area contributed by atoms with E-state index in [0.29, 0.717) is 28.0 Å². The van der Waals surface area contributed by atoms with Gasteiger partial charge in [0.15, 0.2) is 5.65 Å². The first kappa shape index (κ1) is 22.2. The summed E-state index contributed by atoms with van der Waals surface area (Å²) in [6.45, 7) is 0.0875. The van der Waals surface area contributed by atoms with Gasteiger partial charge in [0.05, 0.1) is 22.5 Å². The standard InChI is InChI=1S/C26H25F2N5O/c27-17-10-11-18(16(12-17)14-29)24-23-20(30)13-22(34)33(21-9-5-4-8-19(21)28)26(23)32-25(31-24)15-6-2-1-3-7-15/h4-5,8-13,15H,1-3,6-7,14,29-30H2. The van der Waals surface area contributed by atoms with Crippen LogP contribution in [0.3, 0.4) is 0 Å². The molecule has 0 atom stereocenters. The molecule has 1 aliphatic rings. The van der Waals surface area contributed by atoms with Crippen LogP contribution in [0.4, 0.5) is 14.5 Å². The van der Waals surface area contributed by atoms with Gasteiger partial charge in [-0.2, -0.15) is 0 Å². The molecule has 0 unspecified atom stereocenters. The van der Waals surface area contributed by atoms with Gasteiger partial charge < -0.3 is 11.5 Å². The summed E-state index contributed by atoms with van der Waals surface area (Å²) in [7, 11) is 0. The number of hydrogen-bond donors (Lipinski definition) is 2. The Morgan fingerprint density at radius 1 is 1.00 bits per heavy atom. The fraction of sp³-hybridized carbons (Fsp3) is 0.269. The summed E-state index contributed by atoms with van der Waals surface area (Å²) in [6, 6.07) is 11.6. The van der Waals surface area contributed by atoms with Gasteiger partial charge in [-0.05, 0) is 48.7 Å². The van der Waals surface area contributed by atoms with Crippen LogP contribution in [0.5, 0.6) is 0 Å². The highest BCUT2D eigenvalue weighted by atomic mass is 19.1. The molecule has 2 heterocycles. The van der Waals surface area contributed by atoms with Gasteiger partial charge >= 0.3 is 0 Å². The Hall–Kier alpha value is -3.65.